The molecule has 1 aliphatic carbocycles. The second-order valence-electron chi connectivity index (χ2n) is 5.56. The van der Waals surface area contributed by atoms with E-state index in [9.17, 15) is 9.90 Å². The molecule has 0 aromatic heterocycles. The zero-order valence-electron chi connectivity index (χ0n) is 12.6. The van der Waals surface area contributed by atoms with Crippen LogP contribution in [0.15, 0.2) is 24.3 Å². The molecule has 1 aromatic carbocycles. The van der Waals surface area contributed by atoms with Gasteiger partial charge in [0.05, 0.1) is 13.2 Å². The Morgan fingerprint density at radius 2 is 2.05 bits per heavy atom. The van der Waals surface area contributed by atoms with Gasteiger partial charge in [-0.25, -0.2) is 0 Å². The van der Waals surface area contributed by atoms with Gasteiger partial charge in [0, 0.05) is 18.5 Å². The van der Waals surface area contributed by atoms with Crippen molar-refractivity contribution in [2.45, 2.75) is 44.7 Å². The minimum absolute atomic E-state index is 0.340. The van der Waals surface area contributed by atoms with Crippen molar-refractivity contribution in [2.24, 2.45) is 0 Å². The minimum Gasteiger partial charge on any atom is -0.494 e. The maximum absolute atomic E-state index is 11.4. The van der Waals surface area contributed by atoms with Gasteiger partial charge in [-0.2, -0.15) is 0 Å². The van der Waals surface area contributed by atoms with Crippen molar-refractivity contribution in [3.63, 3.8) is 0 Å². The summed E-state index contributed by atoms with van der Waals surface area (Å²) < 4.78 is 11.1. The van der Waals surface area contributed by atoms with E-state index in [1.54, 1.807) is 6.92 Å². The molecule has 1 atom stereocenters. The van der Waals surface area contributed by atoms with Crippen molar-refractivity contribution in [1.29, 1.82) is 0 Å². The first-order valence-electron chi connectivity index (χ1n) is 7.40. The number of carboxylic acid groups (broad SMARTS) is 1. The Balaban J connectivity index is 1.86. The molecule has 116 valence electrons. The van der Waals surface area contributed by atoms with Gasteiger partial charge in [0.15, 0.2) is 0 Å². The average Bonchev–Trinajstić information content (AvgIpc) is 3.23. The van der Waals surface area contributed by atoms with E-state index in [4.69, 9.17) is 9.47 Å². The maximum Gasteiger partial charge on any atom is 0.323 e. The number of ether oxygens (including phenoxy) is 2. The molecule has 5 nitrogen and oxygen atoms in total. The summed E-state index contributed by atoms with van der Waals surface area (Å²) in [5.74, 6) is 0.619. The van der Waals surface area contributed by atoms with E-state index < -0.39 is 11.5 Å². The molecule has 0 amide bonds. The van der Waals surface area contributed by atoms with Crippen molar-refractivity contribution >= 4 is 5.97 Å². The molecule has 1 fully saturated rings. The van der Waals surface area contributed by atoms with E-state index >= 15 is 0 Å². The van der Waals surface area contributed by atoms with Crippen molar-refractivity contribution in [3.05, 3.63) is 24.3 Å². The molecule has 1 aliphatic rings. The van der Waals surface area contributed by atoms with E-state index in [1.165, 1.54) is 0 Å². The van der Waals surface area contributed by atoms with E-state index in [1.807, 2.05) is 31.2 Å². The van der Waals surface area contributed by atoms with Crippen LogP contribution in [0.4, 0.5) is 0 Å². The highest BCUT2D eigenvalue weighted by Crippen LogP contribution is 2.25. The lowest BCUT2D eigenvalue weighted by atomic mass is 9.98. The van der Waals surface area contributed by atoms with Gasteiger partial charge in [-0.15, -0.1) is 0 Å². The molecule has 1 aromatic rings. The number of rotatable bonds is 9. The molecule has 2 rings (SSSR count). The van der Waals surface area contributed by atoms with Crippen LogP contribution in [0.5, 0.6) is 11.5 Å². The van der Waals surface area contributed by atoms with Crippen molar-refractivity contribution in [2.75, 3.05) is 13.2 Å². The number of benzene rings is 1. The third-order valence-corrected chi connectivity index (χ3v) is 3.56. The predicted octanol–water partition coefficient (Wildman–Crippen LogP) is 2.45. The quantitative estimate of drug-likeness (QED) is 0.732. The van der Waals surface area contributed by atoms with Crippen LogP contribution in [0, 0.1) is 0 Å². The van der Waals surface area contributed by atoms with Gasteiger partial charge in [-0.1, -0.05) is 6.07 Å². The van der Waals surface area contributed by atoms with Crippen LogP contribution in [0.25, 0.3) is 0 Å². The second-order valence-corrected chi connectivity index (χ2v) is 5.56. The van der Waals surface area contributed by atoms with Crippen molar-refractivity contribution in [1.82, 2.24) is 5.32 Å². The van der Waals surface area contributed by atoms with Gasteiger partial charge in [0.2, 0.25) is 0 Å². The molecule has 2 N–H and O–H groups in total. The molecule has 0 aliphatic heterocycles. The number of hydrogen-bond donors (Lipinski definition) is 2. The monoisotopic (exact) mass is 293 g/mol. The number of carboxylic acids is 1. The third kappa shape index (κ3) is 4.63. The molecular formula is C16H23NO4. The lowest BCUT2D eigenvalue weighted by Crippen LogP contribution is -2.51. The largest absolute Gasteiger partial charge is 0.494 e. The maximum atomic E-state index is 11.4. The van der Waals surface area contributed by atoms with E-state index in [2.05, 4.69) is 5.32 Å². The molecule has 0 radical (unpaired) electrons. The van der Waals surface area contributed by atoms with Crippen LogP contribution in [0.1, 0.15) is 33.1 Å². The highest BCUT2D eigenvalue weighted by atomic mass is 16.5. The fourth-order valence-electron chi connectivity index (χ4n) is 2.11. The summed E-state index contributed by atoms with van der Waals surface area (Å²) in [5, 5.41) is 12.6. The Morgan fingerprint density at radius 3 is 2.62 bits per heavy atom. The average molecular weight is 293 g/mol. The first-order valence-corrected chi connectivity index (χ1v) is 7.40. The Labute approximate surface area is 125 Å². The van der Waals surface area contributed by atoms with E-state index in [0.29, 0.717) is 31.4 Å². The first-order chi connectivity index (χ1) is 10.0. The summed E-state index contributed by atoms with van der Waals surface area (Å²) in [6.07, 6.45) is 2.53. The number of nitrogens with one attached hydrogen (secondary N) is 1. The molecule has 21 heavy (non-hydrogen) atoms. The smallest absolute Gasteiger partial charge is 0.323 e. The SMILES string of the molecule is CCOc1cccc(OCCC(C)(NC2CC2)C(=O)O)c1. The van der Waals surface area contributed by atoms with Gasteiger partial charge >= 0.3 is 5.97 Å². The van der Waals surface area contributed by atoms with Gasteiger partial charge in [-0.05, 0) is 38.8 Å². The van der Waals surface area contributed by atoms with Crippen molar-refractivity contribution < 1.29 is 19.4 Å². The fourth-order valence-corrected chi connectivity index (χ4v) is 2.11. The summed E-state index contributed by atoms with van der Waals surface area (Å²) >= 11 is 0. The normalized spacial score (nSPS) is 17.0. The lowest BCUT2D eigenvalue weighted by molar-refractivity contribution is -0.144. The number of hydrogen-bond acceptors (Lipinski definition) is 4. The Bertz CT molecular complexity index is 487. The summed E-state index contributed by atoms with van der Waals surface area (Å²) in [4.78, 5) is 11.4. The fraction of sp³-hybridized carbons (Fsp3) is 0.562. The molecule has 5 heteroatoms. The molecule has 0 saturated heterocycles. The van der Waals surface area contributed by atoms with Crippen LogP contribution < -0.4 is 14.8 Å². The van der Waals surface area contributed by atoms with Crippen LogP contribution in [0.3, 0.4) is 0 Å². The molecule has 1 saturated carbocycles. The topological polar surface area (TPSA) is 67.8 Å². The molecule has 1 unspecified atom stereocenters. The van der Waals surface area contributed by atoms with Crippen LogP contribution in [0.2, 0.25) is 0 Å². The highest BCUT2D eigenvalue weighted by molar-refractivity contribution is 5.78. The van der Waals surface area contributed by atoms with Gasteiger partial charge < -0.3 is 14.6 Å². The first kappa shape index (κ1) is 15.6. The molecule has 0 bridgehead atoms. The standard InChI is InChI=1S/C16H23NO4/c1-3-20-13-5-4-6-14(11-13)21-10-9-16(2,15(18)19)17-12-7-8-12/h4-6,11-12,17H,3,7-10H2,1-2H3,(H,18,19). The second kappa shape index (κ2) is 6.80. The van der Waals surface area contributed by atoms with Crippen LogP contribution in [-0.2, 0) is 4.79 Å². The van der Waals surface area contributed by atoms with Gasteiger partial charge in [0.25, 0.3) is 0 Å². The predicted molar refractivity (Wildman–Crippen MR) is 79.9 cm³/mol. The summed E-state index contributed by atoms with van der Waals surface area (Å²) in [7, 11) is 0. The Kier molecular flexibility index (Phi) is 5.07. The van der Waals surface area contributed by atoms with Crippen LogP contribution in [-0.4, -0.2) is 35.9 Å². The van der Waals surface area contributed by atoms with Crippen LogP contribution >= 0.6 is 0 Å². The lowest BCUT2D eigenvalue weighted by Gasteiger charge is -2.26. The summed E-state index contributed by atoms with van der Waals surface area (Å²) in [6.45, 7) is 4.59. The van der Waals surface area contributed by atoms with Gasteiger partial charge in [-0.3, -0.25) is 10.1 Å². The van der Waals surface area contributed by atoms with E-state index in [0.717, 1.165) is 18.6 Å². The molecule has 0 heterocycles. The van der Waals surface area contributed by atoms with Gasteiger partial charge in [0.1, 0.15) is 17.0 Å². The number of aliphatic carboxylic acids is 1. The molecule has 0 spiro atoms. The van der Waals surface area contributed by atoms with E-state index in [-0.39, 0.29) is 0 Å². The third-order valence-electron chi connectivity index (χ3n) is 3.56. The Hall–Kier alpha value is -1.75. The Morgan fingerprint density at radius 1 is 1.38 bits per heavy atom. The number of carbonyl (C=O) groups is 1. The minimum atomic E-state index is -0.932. The summed E-state index contributed by atoms with van der Waals surface area (Å²) in [5.41, 5.74) is -0.932. The highest BCUT2D eigenvalue weighted by Gasteiger charge is 2.38. The zero-order chi connectivity index (χ0) is 15.3. The summed E-state index contributed by atoms with van der Waals surface area (Å²) in [6, 6.07) is 7.73. The molecular weight excluding hydrogens is 270 g/mol. The van der Waals surface area contributed by atoms with Crippen molar-refractivity contribution in [3.8, 4) is 11.5 Å². The zero-order valence-corrected chi connectivity index (χ0v) is 12.6.